The van der Waals surface area contributed by atoms with Crippen molar-refractivity contribution in [2.45, 2.75) is 20.0 Å². The fourth-order valence-corrected chi connectivity index (χ4v) is 3.70. The third kappa shape index (κ3) is 4.01. The highest BCUT2D eigenvalue weighted by atomic mass is 35.5. The van der Waals surface area contributed by atoms with Crippen molar-refractivity contribution in [3.05, 3.63) is 75.5 Å². The van der Waals surface area contributed by atoms with Gasteiger partial charge in [-0.3, -0.25) is 4.79 Å². The third-order valence-electron chi connectivity index (χ3n) is 4.80. The first kappa shape index (κ1) is 20.3. The van der Waals surface area contributed by atoms with E-state index in [4.69, 9.17) is 32.7 Å². The van der Waals surface area contributed by atoms with E-state index >= 15 is 0 Å². The first-order valence-electron chi connectivity index (χ1n) is 9.30. The first-order chi connectivity index (χ1) is 14.4. The molecular weight excluding hydrogens is 425 g/mol. The summed E-state index contributed by atoms with van der Waals surface area (Å²) < 4.78 is 13.2. The van der Waals surface area contributed by atoms with Gasteiger partial charge < -0.3 is 14.0 Å². The number of halogens is 2. The predicted molar refractivity (Wildman–Crippen MR) is 117 cm³/mol. The summed E-state index contributed by atoms with van der Waals surface area (Å²) in [5.74, 6) is 0.777. The molecule has 154 valence electrons. The normalized spacial score (nSPS) is 15.4. The molecule has 3 aromatic rings. The first-order valence-corrected chi connectivity index (χ1v) is 10.1. The maximum Gasteiger partial charge on any atom is 0.284 e. The molecule has 30 heavy (non-hydrogen) atoms. The largest absolute Gasteiger partial charge is 0.485 e. The van der Waals surface area contributed by atoms with Crippen LogP contribution >= 0.6 is 23.2 Å². The van der Waals surface area contributed by atoms with E-state index in [0.29, 0.717) is 21.5 Å². The Labute approximate surface area is 184 Å². The van der Waals surface area contributed by atoms with Crippen molar-refractivity contribution in [2.24, 2.45) is 5.10 Å². The molecule has 2 aromatic carbocycles. The lowest BCUT2D eigenvalue weighted by molar-refractivity contribution is -0.130. The van der Waals surface area contributed by atoms with E-state index in [0.717, 1.165) is 22.6 Å². The highest BCUT2D eigenvalue weighted by Crippen LogP contribution is 2.31. The van der Waals surface area contributed by atoms with Gasteiger partial charge >= 0.3 is 0 Å². The lowest BCUT2D eigenvalue weighted by Crippen LogP contribution is -2.42. The quantitative estimate of drug-likeness (QED) is 0.469. The minimum atomic E-state index is -0.769. The number of aryl methyl sites for hydroxylation is 1. The Morgan fingerprint density at radius 1 is 1.17 bits per heavy atom. The van der Waals surface area contributed by atoms with Crippen LogP contribution in [0.5, 0.6) is 11.5 Å². The van der Waals surface area contributed by atoms with E-state index in [1.54, 1.807) is 30.5 Å². The second-order valence-electron chi connectivity index (χ2n) is 6.86. The van der Waals surface area contributed by atoms with E-state index in [1.165, 1.54) is 0 Å². The second kappa shape index (κ2) is 8.42. The summed E-state index contributed by atoms with van der Waals surface area (Å²) in [5.41, 5.74) is 6.03. The van der Waals surface area contributed by atoms with Crippen LogP contribution in [0.25, 0.3) is 5.69 Å². The third-order valence-corrected chi connectivity index (χ3v) is 5.35. The topological polar surface area (TPSA) is 64.8 Å². The molecule has 1 aliphatic heterocycles. The maximum absolute atomic E-state index is 12.4. The Hall–Kier alpha value is -2.96. The highest BCUT2D eigenvalue weighted by Gasteiger charge is 2.27. The van der Waals surface area contributed by atoms with Crippen LogP contribution < -0.4 is 14.9 Å². The molecule has 0 unspecified atom stereocenters. The van der Waals surface area contributed by atoms with Crippen LogP contribution in [0.1, 0.15) is 17.0 Å². The molecule has 4 rings (SSSR count). The number of hydrogen-bond donors (Lipinski definition) is 1. The lowest BCUT2D eigenvalue weighted by Gasteiger charge is -2.24. The number of hydrogen-bond acceptors (Lipinski definition) is 4. The highest BCUT2D eigenvalue weighted by molar-refractivity contribution is 6.34. The van der Waals surface area contributed by atoms with Crippen LogP contribution in [-0.4, -0.2) is 29.4 Å². The van der Waals surface area contributed by atoms with Crippen molar-refractivity contribution in [3.8, 4) is 17.2 Å². The van der Waals surface area contributed by atoms with Crippen molar-refractivity contribution in [3.63, 3.8) is 0 Å². The molecule has 1 N–H and O–H groups in total. The Morgan fingerprint density at radius 3 is 2.73 bits per heavy atom. The van der Waals surface area contributed by atoms with Crippen molar-refractivity contribution in [2.75, 3.05) is 6.61 Å². The standard InChI is InChI=1S/C22H19Cl2N3O3/c1-13-9-15(14(2)27(13)18-10-16(23)7-8-17(18)24)11-25-26-22(28)21-12-29-19-5-3-4-6-20(19)30-21/h3-11,21H,12H2,1-2H3,(H,26,28)/b25-11-/t21-/m0/s1. The molecular formula is C22H19Cl2N3O3. The summed E-state index contributed by atoms with van der Waals surface area (Å²) in [6.07, 6.45) is 0.821. The molecule has 0 saturated carbocycles. The zero-order valence-electron chi connectivity index (χ0n) is 16.4. The number of ether oxygens (including phenoxy) is 2. The zero-order valence-corrected chi connectivity index (χ0v) is 17.9. The molecule has 0 bridgehead atoms. The fourth-order valence-electron chi connectivity index (χ4n) is 3.33. The number of aromatic nitrogens is 1. The summed E-state index contributed by atoms with van der Waals surface area (Å²) in [5, 5.41) is 5.28. The Bertz CT molecular complexity index is 1140. The van der Waals surface area contributed by atoms with Gasteiger partial charge in [0, 0.05) is 22.0 Å². The van der Waals surface area contributed by atoms with Gasteiger partial charge in [-0.15, -0.1) is 0 Å². The Balaban J connectivity index is 1.48. The molecule has 0 spiro atoms. The van der Waals surface area contributed by atoms with Gasteiger partial charge in [0.1, 0.15) is 6.61 Å². The number of amides is 1. The van der Waals surface area contributed by atoms with Crippen LogP contribution in [-0.2, 0) is 4.79 Å². The molecule has 6 nitrogen and oxygen atoms in total. The number of rotatable bonds is 4. The lowest BCUT2D eigenvalue weighted by atomic mass is 10.2. The Morgan fingerprint density at radius 2 is 1.93 bits per heavy atom. The minimum absolute atomic E-state index is 0.125. The van der Waals surface area contributed by atoms with Crippen LogP contribution in [0.4, 0.5) is 0 Å². The molecule has 0 fully saturated rings. The van der Waals surface area contributed by atoms with Gasteiger partial charge in [0.25, 0.3) is 5.91 Å². The minimum Gasteiger partial charge on any atom is -0.485 e. The number of carbonyl (C=O) groups excluding carboxylic acids is 1. The van der Waals surface area contributed by atoms with Crippen molar-refractivity contribution in [1.82, 2.24) is 9.99 Å². The molecule has 1 aliphatic rings. The molecule has 0 radical (unpaired) electrons. The average Bonchev–Trinajstić information content (AvgIpc) is 3.02. The number of nitrogens with zero attached hydrogens (tertiary/aromatic N) is 2. The summed E-state index contributed by atoms with van der Waals surface area (Å²) in [6, 6.07) is 14.5. The molecule has 0 aliphatic carbocycles. The predicted octanol–water partition coefficient (Wildman–Crippen LogP) is 4.69. The van der Waals surface area contributed by atoms with Gasteiger partial charge in [-0.1, -0.05) is 35.3 Å². The average molecular weight is 444 g/mol. The van der Waals surface area contributed by atoms with E-state index < -0.39 is 6.10 Å². The number of benzene rings is 2. The summed E-state index contributed by atoms with van der Waals surface area (Å²) in [6.45, 7) is 4.04. The Kier molecular flexibility index (Phi) is 5.70. The number of carbonyl (C=O) groups is 1. The van der Waals surface area contributed by atoms with E-state index in [1.807, 2.05) is 42.7 Å². The molecule has 2 heterocycles. The SMILES string of the molecule is Cc1cc(/C=N\NC(=O)[C@@H]2COc3ccccc3O2)c(C)n1-c1cc(Cl)ccc1Cl. The number of para-hydroxylation sites is 2. The van der Waals surface area contributed by atoms with Crippen molar-refractivity contribution < 1.29 is 14.3 Å². The molecule has 1 amide bonds. The van der Waals surface area contributed by atoms with Crippen molar-refractivity contribution >= 4 is 35.3 Å². The van der Waals surface area contributed by atoms with Crippen LogP contribution in [0, 0.1) is 13.8 Å². The van der Waals surface area contributed by atoms with Gasteiger partial charge in [0.05, 0.1) is 16.9 Å². The van der Waals surface area contributed by atoms with Crippen LogP contribution in [0.2, 0.25) is 10.0 Å². The van der Waals surface area contributed by atoms with Gasteiger partial charge in [0.2, 0.25) is 6.10 Å². The number of fused-ring (bicyclic) bond motifs is 1. The molecule has 1 atom stereocenters. The molecule has 1 aromatic heterocycles. The van der Waals surface area contributed by atoms with Gasteiger partial charge in [-0.25, -0.2) is 5.43 Å². The second-order valence-corrected chi connectivity index (χ2v) is 7.70. The van der Waals surface area contributed by atoms with E-state index in [2.05, 4.69) is 10.5 Å². The van der Waals surface area contributed by atoms with Crippen LogP contribution in [0.15, 0.2) is 53.6 Å². The van der Waals surface area contributed by atoms with Gasteiger partial charge in [-0.2, -0.15) is 5.10 Å². The zero-order chi connectivity index (χ0) is 21.3. The van der Waals surface area contributed by atoms with Gasteiger partial charge in [-0.05, 0) is 50.2 Å². The van der Waals surface area contributed by atoms with Gasteiger partial charge in [0.15, 0.2) is 11.5 Å². The maximum atomic E-state index is 12.4. The molecule has 8 heteroatoms. The monoisotopic (exact) mass is 443 g/mol. The smallest absolute Gasteiger partial charge is 0.284 e. The summed E-state index contributed by atoms with van der Waals surface area (Å²) >= 11 is 12.5. The number of hydrazone groups is 1. The van der Waals surface area contributed by atoms with E-state index in [9.17, 15) is 4.79 Å². The summed E-state index contributed by atoms with van der Waals surface area (Å²) in [7, 11) is 0. The fraction of sp³-hybridized carbons (Fsp3) is 0.182. The van der Waals surface area contributed by atoms with E-state index in [-0.39, 0.29) is 12.5 Å². The van der Waals surface area contributed by atoms with Crippen molar-refractivity contribution in [1.29, 1.82) is 0 Å². The van der Waals surface area contributed by atoms with Crippen LogP contribution in [0.3, 0.4) is 0 Å². The molecule has 0 saturated heterocycles. The summed E-state index contributed by atoms with van der Waals surface area (Å²) in [4.78, 5) is 12.4. The number of nitrogens with one attached hydrogen (secondary N) is 1.